The second-order valence-electron chi connectivity index (χ2n) is 29.6. The summed E-state index contributed by atoms with van der Waals surface area (Å²) in [4.78, 5) is 29.0. The Morgan fingerprint density at radius 1 is 0.347 bits per heavy atom. The average Bonchev–Trinajstić information content (AvgIpc) is 0.789. The summed E-state index contributed by atoms with van der Waals surface area (Å²) in [5.41, 5.74) is 24.8. The van der Waals surface area contributed by atoms with Crippen LogP contribution in [0.3, 0.4) is 0 Å². The average molecular weight is 1910 g/mol. The molecule has 0 aliphatic carbocycles. The number of aliphatic hydroxyl groups excluding tert-OH is 6. The Bertz CT molecular complexity index is 3920. The predicted octanol–water partition coefficient (Wildman–Crippen LogP) is 18.9. The predicted molar refractivity (Wildman–Crippen MR) is 410 cm³/mol. The van der Waals surface area contributed by atoms with Crippen LogP contribution >= 0.6 is 0 Å². The topological polar surface area (TPSA) is 199 Å². The summed E-state index contributed by atoms with van der Waals surface area (Å²) in [7, 11) is 0. The molecule has 10 aromatic rings. The molecule has 101 heavy (non-hydrogen) atoms. The summed E-state index contributed by atoms with van der Waals surface area (Å²) in [6.45, 7) is 44.2. The molecule has 0 spiro atoms. The number of hydrogen-bond acceptors (Lipinski definition) is 12. The Hall–Kier alpha value is -5.73. The molecule has 0 saturated heterocycles. The zero-order valence-electron chi connectivity index (χ0n) is 63.1. The van der Waals surface area contributed by atoms with E-state index in [1.54, 1.807) is 27.7 Å². The van der Waals surface area contributed by atoms with Gasteiger partial charge in [-0.25, -0.2) is 0 Å². The Kier molecular flexibility index (Phi) is 40.2. The van der Waals surface area contributed by atoms with Crippen molar-refractivity contribution in [2.75, 3.05) is 0 Å². The van der Waals surface area contributed by atoms with Crippen molar-refractivity contribution < 1.29 is 91.0 Å². The number of aryl methyl sites for hydroxylation is 8. The van der Waals surface area contributed by atoms with Crippen LogP contribution in [0.5, 0.6) is 0 Å². The van der Waals surface area contributed by atoms with Crippen LogP contribution < -0.4 is 0 Å². The number of nitrogens with zero attached hydrogens (tertiary/aromatic N) is 6. The molecule has 0 saturated carbocycles. The fourth-order valence-corrected chi connectivity index (χ4v) is 11.1. The number of rotatable bonds is 14. The largest absolute Gasteiger partial charge is 0.393 e. The van der Waals surface area contributed by atoms with E-state index in [4.69, 9.17) is 45.3 Å². The Morgan fingerprint density at radius 3 is 0.970 bits per heavy atom. The second kappa shape index (κ2) is 43.5. The van der Waals surface area contributed by atoms with Gasteiger partial charge in [0.05, 0.1) is 75.4 Å². The summed E-state index contributed by atoms with van der Waals surface area (Å²) in [5.74, 6) is 1.24. The van der Waals surface area contributed by atoms with Crippen LogP contribution in [0.25, 0.3) is 78.1 Å². The van der Waals surface area contributed by atoms with E-state index in [9.17, 15) is 10.2 Å². The van der Waals surface area contributed by atoms with Crippen LogP contribution in [0, 0.1) is 96.3 Å². The number of fused-ring (bicyclic) bond motifs is 3. The standard InChI is InChI=1S/C24H21N2.C23H27N2.C17H15N2.C11H24O2.2C5H12O2.CH4.3Ir/c1-15-9-16(2)12-19(11-15)23-24(20-13-17(3)10-18(4)14-20)26-22-8-6-5-7-21(22)25-23;1-15(2)10-18-12-19(11-16(3)4)14-20(13-18)23-17(5)24-21-8-6-7-9-22(21)25-23;1-11-8-12(2)10-14(9-11)17-13(3)18-15-6-4-5-7-16(15)19-17;1-10(2,3)8(12)7-9(13)11(4,5)6;2*1-4(6)3-5(2)7;;;;/h5-13H,1-4H3;6-9,12-13,15-16H,10-11H2,1-5H3;4-9H,1-3H3;8-9,12-13H,7H2,1-6H3;2*4-7H,3H2,1-2H3;1H4;;;/q3*-1;;;;;;;. The summed E-state index contributed by atoms with van der Waals surface area (Å²) in [5, 5.41) is 53.8. The normalized spacial score (nSPS) is 12.8. The van der Waals surface area contributed by atoms with Crippen LogP contribution in [-0.4, -0.2) is 97.2 Å². The van der Waals surface area contributed by atoms with E-state index in [1.807, 2.05) is 128 Å². The molecule has 6 N–H and O–H groups in total. The van der Waals surface area contributed by atoms with Gasteiger partial charge in [-0.1, -0.05) is 170 Å². The minimum atomic E-state index is -0.443. The molecule has 12 nitrogen and oxygen atoms in total. The molecule has 0 aliphatic heterocycles. The molecule has 3 aromatic heterocycles. The van der Waals surface area contributed by atoms with Crippen molar-refractivity contribution in [1.82, 2.24) is 29.9 Å². The van der Waals surface area contributed by atoms with Crippen molar-refractivity contribution in [2.45, 2.75) is 228 Å². The van der Waals surface area contributed by atoms with Crippen LogP contribution in [0.15, 0.2) is 127 Å². The van der Waals surface area contributed by atoms with Crippen LogP contribution in [0.1, 0.15) is 180 Å². The third-order valence-corrected chi connectivity index (χ3v) is 15.7. The van der Waals surface area contributed by atoms with E-state index in [2.05, 4.69) is 147 Å². The minimum absolute atomic E-state index is 0. The molecule has 15 heteroatoms. The van der Waals surface area contributed by atoms with E-state index in [-0.39, 0.29) is 103 Å². The first-order chi connectivity index (χ1) is 45.3. The van der Waals surface area contributed by atoms with Gasteiger partial charge in [-0.3, -0.25) is 29.9 Å². The van der Waals surface area contributed by atoms with Crippen molar-refractivity contribution in [3.8, 4) is 45.0 Å². The van der Waals surface area contributed by atoms with E-state index in [1.165, 1.54) is 33.4 Å². The molecule has 0 amide bonds. The molecule has 555 valence electrons. The third-order valence-electron chi connectivity index (χ3n) is 15.7. The maximum absolute atomic E-state index is 9.76. The summed E-state index contributed by atoms with van der Waals surface area (Å²) >= 11 is 0. The van der Waals surface area contributed by atoms with Gasteiger partial charge in [0.15, 0.2) is 0 Å². The van der Waals surface area contributed by atoms with E-state index >= 15 is 0 Å². The van der Waals surface area contributed by atoms with Gasteiger partial charge in [0, 0.05) is 95.2 Å². The molecular formula is C86H115Ir3N6O6-3. The van der Waals surface area contributed by atoms with Gasteiger partial charge in [0.2, 0.25) is 0 Å². The van der Waals surface area contributed by atoms with Crippen LogP contribution in [-0.2, 0) is 73.2 Å². The Morgan fingerprint density at radius 2 is 0.653 bits per heavy atom. The Labute approximate surface area is 646 Å². The quantitative estimate of drug-likeness (QED) is 0.0564. The number of benzene rings is 7. The van der Waals surface area contributed by atoms with Gasteiger partial charge in [0.1, 0.15) is 0 Å². The number of hydrogen-bond donors (Lipinski definition) is 6. The SMILES string of the molecule is C.CC(C)(C)C(O)CC(O)C(C)(C)C.CC(O)CC(C)O.CC(O)CC(C)O.Cc1[c-]c(-c2nc3ccccc3nc2-c2cc(C)cc(C)c2)cc(C)c1.Cc1[c-]c(-c2nc3ccccc3nc2C)cc(C)c1.Cc1nc2ccccc2nc1-c1[c-]c(CC(C)C)cc(CC(C)C)c1.[Ir].[Ir].[Ir]. The Balaban J connectivity index is 0.000000637. The first-order valence-electron chi connectivity index (χ1n) is 34.3. The third kappa shape index (κ3) is 31.6. The first kappa shape index (κ1) is 93.3. The second-order valence-corrected chi connectivity index (χ2v) is 29.6. The number of para-hydroxylation sites is 6. The number of aliphatic hydroxyl groups is 6. The van der Waals surface area contributed by atoms with Crippen molar-refractivity contribution in [3.63, 3.8) is 0 Å². The molecule has 6 atom stereocenters. The molecule has 0 fully saturated rings. The molecular weight excluding hydrogens is 1790 g/mol. The molecule has 0 bridgehead atoms. The van der Waals surface area contributed by atoms with Crippen molar-refractivity contribution in [2.24, 2.45) is 22.7 Å². The number of aromatic nitrogens is 6. The summed E-state index contributed by atoms with van der Waals surface area (Å²) in [6, 6.07) is 54.1. The zero-order valence-corrected chi connectivity index (χ0v) is 70.3. The van der Waals surface area contributed by atoms with Gasteiger partial charge >= 0.3 is 0 Å². The molecule has 6 unspecified atom stereocenters. The molecule has 0 aliphatic rings. The smallest absolute Gasteiger partial charge is 0.0875 e. The molecule has 3 heterocycles. The molecule has 7 aromatic carbocycles. The fourth-order valence-electron chi connectivity index (χ4n) is 11.1. The van der Waals surface area contributed by atoms with Crippen LogP contribution in [0.2, 0.25) is 0 Å². The zero-order chi connectivity index (χ0) is 72.2. The summed E-state index contributed by atoms with van der Waals surface area (Å²) in [6.07, 6.45) is 1.13. The molecule has 3 radical (unpaired) electrons. The molecule has 10 rings (SSSR count). The minimum Gasteiger partial charge on any atom is -0.393 e. The maximum atomic E-state index is 9.76. The van der Waals surface area contributed by atoms with Gasteiger partial charge in [0.25, 0.3) is 0 Å². The summed E-state index contributed by atoms with van der Waals surface area (Å²) < 4.78 is 0. The van der Waals surface area contributed by atoms with Gasteiger partial charge < -0.3 is 30.6 Å². The van der Waals surface area contributed by atoms with E-state index < -0.39 is 12.2 Å². The fraction of sp³-hybridized carbons (Fsp3) is 0.442. The monoisotopic (exact) mass is 1910 g/mol. The first-order valence-corrected chi connectivity index (χ1v) is 34.3. The van der Waals surface area contributed by atoms with Gasteiger partial charge in [-0.05, 0) is 146 Å². The van der Waals surface area contributed by atoms with Crippen LogP contribution in [0.4, 0.5) is 0 Å². The van der Waals surface area contributed by atoms with Crippen molar-refractivity contribution in [3.05, 3.63) is 201 Å². The maximum Gasteiger partial charge on any atom is 0.0875 e. The van der Waals surface area contributed by atoms with E-state index in [0.29, 0.717) is 31.1 Å². The van der Waals surface area contributed by atoms with E-state index in [0.717, 1.165) is 113 Å². The van der Waals surface area contributed by atoms with Gasteiger partial charge in [-0.2, -0.15) is 0 Å². The van der Waals surface area contributed by atoms with Crippen molar-refractivity contribution >= 4 is 33.1 Å². The van der Waals surface area contributed by atoms with Crippen molar-refractivity contribution in [1.29, 1.82) is 0 Å². The van der Waals surface area contributed by atoms with Gasteiger partial charge in [-0.15, -0.1) is 105 Å².